The second-order valence-electron chi connectivity index (χ2n) is 2.38. The summed E-state index contributed by atoms with van der Waals surface area (Å²) in [7, 11) is 0. The average molecular weight is 318 g/mol. The third-order valence-electron chi connectivity index (χ3n) is 1.35. The van der Waals surface area contributed by atoms with E-state index in [1.807, 2.05) is 0 Å². The number of hydrogen-bond acceptors (Lipinski definition) is 1. The van der Waals surface area contributed by atoms with Crippen molar-refractivity contribution in [1.82, 2.24) is 0 Å². The normalized spacial score (nSPS) is 18.1. The van der Waals surface area contributed by atoms with Gasteiger partial charge in [0.25, 0.3) is 5.67 Å². The molecule has 1 atom stereocenters. The number of carbonyl (C=O) groups is 1. The van der Waals surface area contributed by atoms with Gasteiger partial charge in [-0.3, -0.25) is 0 Å². The minimum Gasteiger partial charge on any atom is -0.479 e. The molecule has 0 saturated heterocycles. The van der Waals surface area contributed by atoms with E-state index in [-0.39, 0.29) is 29.5 Å². The van der Waals surface area contributed by atoms with E-state index < -0.39 is 21.5 Å². The highest BCUT2D eigenvalue weighted by Crippen LogP contribution is 2.48. The van der Waals surface area contributed by atoms with Crippen LogP contribution in [0, 0.1) is 0 Å². The molecule has 0 amide bonds. The van der Waals surface area contributed by atoms with E-state index in [1.165, 1.54) is 0 Å². The molecule has 0 radical (unpaired) electrons. The van der Waals surface area contributed by atoms with Crippen LogP contribution < -0.4 is 0 Å². The van der Waals surface area contributed by atoms with Gasteiger partial charge in [0.15, 0.2) is 0 Å². The molecular formula is C5H4F5IO2. The van der Waals surface area contributed by atoms with E-state index in [1.54, 1.807) is 0 Å². The smallest absolute Gasteiger partial charge is 0.363 e. The van der Waals surface area contributed by atoms with E-state index in [4.69, 9.17) is 5.11 Å². The Kier molecular flexibility index (Phi) is 3.17. The Hall–Kier alpha value is -0.150. The maximum absolute atomic E-state index is 12.7. The summed E-state index contributed by atoms with van der Waals surface area (Å²) >= 11 is -0.00872. The fourth-order valence-electron chi connectivity index (χ4n) is 0.400. The van der Waals surface area contributed by atoms with Gasteiger partial charge in [-0.2, -0.15) is 17.6 Å². The maximum Gasteiger partial charge on any atom is 0.363 e. The van der Waals surface area contributed by atoms with Crippen LogP contribution in [0.3, 0.4) is 0 Å². The molecule has 1 unspecified atom stereocenters. The van der Waals surface area contributed by atoms with Crippen LogP contribution in [-0.2, 0) is 4.79 Å². The van der Waals surface area contributed by atoms with Crippen LogP contribution in [0.1, 0.15) is 6.92 Å². The van der Waals surface area contributed by atoms with Crippen LogP contribution in [0.15, 0.2) is 0 Å². The Balaban J connectivity index is 5.16. The highest BCUT2D eigenvalue weighted by molar-refractivity contribution is 14.1. The van der Waals surface area contributed by atoms with Crippen molar-refractivity contribution in [3.63, 3.8) is 0 Å². The van der Waals surface area contributed by atoms with E-state index in [0.717, 1.165) is 0 Å². The quantitative estimate of drug-likeness (QED) is 0.493. The Morgan fingerprint density at radius 2 is 1.54 bits per heavy atom. The van der Waals surface area contributed by atoms with Gasteiger partial charge in [-0.15, -0.1) is 0 Å². The van der Waals surface area contributed by atoms with Crippen molar-refractivity contribution in [1.29, 1.82) is 0 Å². The van der Waals surface area contributed by atoms with Crippen molar-refractivity contribution in [2.75, 3.05) is 0 Å². The van der Waals surface area contributed by atoms with Gasteiger partial charge >= 0.3 is 15.8 Å². The Morgan fingerprint density at radius 1 is 1.23 bits per heavy atom. The highest BCUT2D eigenvalue weighted by Gasteiger charge is 2.70. The lowest BCUT2D eigenvalue weighted by Crippen LogP contribution is -2.56. The zero-order valence-electron chi connectivity index (χ0n) is 6.12. The summed E-state index contributed by atoms with van der Waals surface area (Å²) in [6.07, 6.45) is 0. The summed E-state index contributed by atoms with van der Waals surface area (Å²) in [5.41, 5.74) is -4.29. The van der Waals surface area contributed by atoms with Crippen LogP contribution in [0.25, 0.3) is 0 Å². The van der Waals surface area contributed by atoms with Crippen molar-refractivity contribution < 1.29 is 31.9 Å². The Bertz CT molecular complexity index is 221. The van der Waals surface area contributed by atoms with E-state index in [9.17, 15) is 26.7 Å². The molecule has 2 nitrogen and oxygen atoms in total. The molecule has 0 spiro atoms. The highest BCUT2D eigenvalue weighted by atomic mass is 127. The zero-order valence-corrected chi connectivity index (χ0v) is 8.28. The lowest BCUT2D eigenvalue weighted by Gasteiger charge is -2.29. The molecule has 13 heavy (non-hydrogen) atoms. The lowest BCUT2D eigenvalue weighted by atomic mass is 10.0. The molecule has 0 fully saturated rings. The first kappa shape index (κ1) is 12.8. The van der Waals surface area contributed by atoms with Crippen molar-refractivity contribution in [2.45, 2.75) is 22.4 Å². The predicted molar refractivity (Wildman–Crippen MR) is 41.1 cm³/mol. The number of carboxylic acid groups (broad SMARTS) is 1. The fraction of sp³-hybridized carbons (Fsp3) is 0.800. The predicted octanol–water partition coefficient (Wildman–Crippen LogP) is 2.46. The van der Waals surface area contributed by atoms with Gasteiger partial charge in [0.1, 0.15) is 0 Å². The van der Waals surface area contributed by atoms with Crippen molar-refractivity contribution in [3.8, 4) is 0 Å². The number of rotatable bonds is 3. The molecule has 0 aliphatic heterocycles. The summed E-state index contributed by atoms with van der Waals surface area (Å²) in [6.45, 7) is -0.109. The topological polar surface area (TPSA) is 37.3 Å². The number of aliphatic carboxylic acids is 1. The first-order valence-electron chi connectivity index (χ1n) is 2.81. The second-order valence-corrected chi connectivity index (χ2v) is 3.74. The van der Waals surface area contributed by atoms with Gasteiger partial charge in [-0.25, -0.2) is 9.18 Å². The largest absolute Gasteiger partial charge is 0.479 e. The minimum atomic E-state index is -5.26. The van der Waals surface area contributed by atoms with Gasteiger partial charge in [0.2, 0.25) is 0 Å². The molecule has 0 aromatic heterocycles. The first-order chi connectivity index (χ1) is 5.44. The van der Waals surface area contributed by atoms with Gasteiger partial charge in [-0.05, 0) is 6.92 Å². The van der Waals surface area contributed by atoms with Crippen molar-refractivity contribution in [3.05, 3.63) is 0 Å². The summed E-state index contributed by atoms with van der Waals surface area (Å²) in [5.74, 6) is -7.89. The summed E-state index contributed by atoms with van der Waals surface area (Å²) in [6, 6.07) is 0. The second kappa shape index (κ2) is 3.21. The molecular weight excluding hydrogens is 314 g/mol. The van der Waals surface area contributed by atoms with E-state index in [2.05, 4.69) is 0 Å². The van der Waals surface area contributed by atoms with Crippen LogP contribution in [0.4, 0.5) is 22.0 Å². The van der Waals surface area contributed by atoms with E-state index >= 15 is 0 Å². The third kappa shape index (κ3) is 2.02. The molecule has 0 aliphatic carbocycles. The van der Waals surface area contributed by atoms with Crippen LogP contribution in [0.2, 0.25) is 0 Å². The maximum atomic E-state index is 12.7. The number of carboxylic acids is 1. The standard InChI is InChI=1S/C5H4F5IO2/c1-3(6,2(12)13)4(7,8)5(9,10)11/h1H3,(H,12,13). The van der Waals surface area contributed by atoms with Gasteiger partial charge in [0, 0.05) is 22.6 Å². The van der Waals surface area contributed by atoms with Crippen LogP contribution in [0.5, 0.6) is 0 Å². The van der Waals surface area contributed by atoms with Gasteiger partial charge in [-0.1, -0.05) is 0 Å². The van der Waals surface area contributed by atoms with E-state index in [0.29, 0.717) is 0 Å². The van der Waals surface area contributed by atoms with Crippen molar-refractivity contribution in [2.24, 2.45) is 0 Å². The van der Waals surface area contributed by atoms with Gasteiger partial charge < -0.3 is 5.11 Å². The Labute approximate surface area is 83.2 Å². The SMILES string of the molecule is CC(F)(C(=O)O)C(F)(F)C(F)(F)I. The molecule has 0 bridgehead atoms. The third-order valence-corrected chi connectivity index (χ3v) is 2.02. The molecule has 0 rings (SSSR count). The fourth-order valence-corrected chi connectivity index (χ4v) is 0.907. The monoisotopic (exact) mass is 318 g/mol. The molecule has 0 heterocycles. The molecule has 0 aromatic rings. The summed E-state index contributed by atoms with van der Waals surface area (Å²) < 4.78 is 57.0. The minimum absolute atomic E-state index is 0.00872. The van der Waals surface area contributed by atoms with Crippen molar-refractivity contribution >= 4 is 28.6 Å². The molecule has 0 saturated carbocycles. The molecule has 1 N–H and O–H groups in total. The zero-order chi connectivity index (χ0) is 11.1. The average Bonchev–Trinajstić information content (AvgIpc) is 1.84. The molecule has 0 aliphatic rings. The van der Waals surface area contributed by atoms with Crippen LogP contribution in [-0.4, -0.2) is 26.6 Å². The number of halogens is 6. The lowest BCUT2D eigenvalue weighted by molar-refractivity contribution is -0.225. The van der Waals surface area contributed by atoms with Gasteiger partial charge in [0.05, 0.1) is 0 Å². The molecule has 0 aromatic carbocycles. The number of hydrogen-bond donors (Lipinski definition) is 1. The first-order valence-corrected chi connectivity index (χ1v) is 3.89. The number of alkyl halides is 6. The summed E-state index contributed by atoms with van der Waals surface area (Å²) in [5, 5.41) is 7.95. The summed E-state index contributed by atoms with van der Waals surface area (Å²) in [4.78, 5) is 9.92. The Morgan fingerprint density at radius 3 is 1.62 bits per heavy atom. The molecule has 8 heteroatoms. The molecule has 78 valence electrons. The van der Waals surface area contributed by atoms with Crippen LogP contribution >= 0.6 is 22.6 Å².